The summed E-state index contributed by atoms with van der Waals surface area (Å²) in [6.45, 7) is 4.72. The average Bonchev–Trinajstić information content (AvgIpc) is 2.00. The van der Waals surface area contributed by atoms with Crippen molar-refractivity contribution >= 4 is 10.3 Å². The number of nitrogens with one attached hydrogen (secondary N) is 1. The quantitative estimate of drug-likeness (QED) is 0.488. The lowest BCUT2D eigenvalue weighted by molar-refractivity contribution is 0.463. The van der Waals surface area contributed by atoms with Crippen molar-refractivity contribution in [2.24, 2.45) is 5.92 Å². The Morgan fingerprint density at radius 3 is 2.21 bits per heavy atom. The van der Waals surface area contributed by atoms with E-state index in [1.807, 2.05) is 4.72 Å². The standard InChI is InChI=1S/C9H21NO3S/c1-9(2)7-5-3-4-6-8-10-14(11,12)13/h9-10H,3-8H2,1-2H3,(H,11,12,13). The first kappa shape index (κ1) is 13.9. The molecule has 5 heteroatoms. The maximum absolute atomic E-state index is 10.3. The van der Waals surface area contributed by atoms with Gasteiger partial charge in [0.25, 0.3) is 0 Å². The minimum atomic E-state index is -3.98. The molecule has 0 fully saturated rings. The molecular formula is C9H21NO3S. The lowest BCUT2D eigenvalue weighted by Gasteiger charge is -2.04. The van der Waals surface area contributed by atoms with Crippen molar-refractivity contribution in [3.63, 3.8) is 0 Å². The summed E-state index contributed by atoms with van der Waals surface area (Å²) >= 11 is 0. The first-order valence-electron chi connectivity index (χ1n) is 5.14. The summed E-state index contributed by atoms with van der Waals surface area (Å²) in [5.74, 6) is 0.742. The summed E-state index contributed by atoms with van der Waals surface area (Å²) < 4.78 is 30.9. The second-order valence-corrected chi connectivity index (χ2v) is 5.20. The zero-order chi connectivity index (χ0) is 11.0. The van der Waals surface area contributed by atoms with E-state index >= 15 is 0 Å². The van der Waals surface area contributed by atoms with E-state index in [0.717, 1.165) is 25.2 Å². The van der Waals surface area contributed by atoms with Gasteiger partial charge in [-0.05, 0) is 12.3 Å². The summed E-state index contributed by atoms with van der Waals surface area (Å²) in [6, 6.07) is 0. The van der Waals surface area contributed by atoms with Crippen molar-refractivity contribution in [3.05, 3.63) is 0 Å². The smallest absolute Gasteiger partial charge is 0.273 e. The molecule has 0 aliphatic rings. The summed E-state index contributed by atoms with van der Waals surface area (Å²) in [6.07, 6.45) is 5.35. The zero-order valence-electron chi connectivity index (χ0n) is 8.99. The molecule has 14 heavy (non-hydrogen) atoms. The van der Waals surface area contributed by atoms with Crippen LogP contribution >= 0.6 is 0 Å². The van der Waals surface area contributed by atoms with Gasteiger partial charge in [-0.15, -0.1) is 0 Å². The Kier molecular flexibility index (Phi) is 7.13. The highest BCUT2D eigenvalue weighted by Gasteiger charge is 2.00. The van der Waals surface area contributed by atoms with E-state index in [2.05, 4.69) is 13.8 Å². The summed E-state index contributed by atoms with van der Waals surface area (Å²) in [7, 11) is -3.98. The fourth-order valence-electron chi connectivity index (χ4n) is 1.23. The lowest BCUT2D eigenvalue weighted by atomic mass is 10.0. The summed E-state index contributed by atoms with van der Waals surface area (Å²) in [4.78, 5) is 0. The predicted molar refractivity (Wildman–Crippen MR) is 57.5 cm³/mol. The van der Waals surface area contributed by atoms with E-state index in [1.54, 1.807) is 0 Å². The molecule has 86 valence electrons. The van der Waals surface area contributed by atoms with Crippen LogP contribution in [0, 0.1) is 5.92 Å². The molecule has 0 radical (unpaired) electrons. The van der Waals surface area contributed by atoms with E-state index in [4.69, 9.17) is 4.55 Å². The SMILES string of the molecule is CC(C)CCCCCCNS(=O)(=O)O. The van der Waals surface area contributed by atoms with Crippen LogP contribution in [0.25, 0.3) is 0 Å². The van der Waals surface area contributed by atoms with E-state index in [1.165, 1.54) is 12.8 Å². The zero-order valence-corrected chi connectivity index (χ0v) is 9.81. The first-order chi connectivity index (χ1) is 6.42. The van der Waals surface area contributed by atoms with E-state index < -0.39 is 10.3 Å². The Balaban J connectivity index is 3.15. The highest BCUT2D eigenvalue weighted by atomic mass is 32.2. The number of unbranched alkanes of at least 4 members (excludes halogenated alkanes) is 3. The summed E-state index contributed by atoms with van der Waals surface area (Å²) in [5, 5.41) is 0. The van der Waals surface area contributed by atoms with E-state index in [0.29, 0.717) is 6.54 Å². The molecule has 0 bridgehead atoms. The Hall–Kier alpha value is -0.130. The molecule has 0 unspecified atom stereocenters. The van der Waals surface area contributed by atoms with Gasteiger partial charge in [0.1, 0.15) is 0 Å². The number of hydrogen-bond donors (Lipinski definition) is 2. The molecule has 0 aromatic rings. The van der Waals surface area contributed by atoms with Crippen LogP contribution in [0.3, 0.4) is 0 Å². The molecule has 0 atom stereocenters. The second-order valence-electron chi connectivity index (χ2n) is 3.97. The Bertz CT molecular complexity index is 224. The predicted octanol–water partition coefficient (Wildman–Crippen LogP) is 1.99. The fourth-order valence-corrected chi connectivity index (χ4v) is 1.63. The van der Waals surface area contributed by atoms with Gasteiger partial charge in [-0.25, -0.2) is 0 Å². The number of rotatable bonds is 8. The average molecular weight is 223 g/mol. The van der Waals surface area contributed by atoms with Crippen LogP contribution in [-0.2, 0) is 10.3 Å². The van der Waals surface area contributed by atoms with Crippen molar-refractivity contribution < 1.29 is 13.0 Å². The second kappa shape index (κ2) is 7.20. The summed E-state index contributed by atoms with van der Waals surface area (Å²) in [5.41, 5.74) is 0. The van der Waals surface area contributed by atoms with Crippen molar-refractivity contribution in [1.82, 2.24) is 4.72 Å². The molecule has 0 aliphatic carbocycles. The van der Waals surface area contributed by atoms with E-state index in [9.17, 15) is 8.42 Å². The van der Waals surface area contributed by atoms with Crippen molar-refractivity contribution in [1.29, 1.82) is 0 Å². The Labute approximate surface area is 87.0 Å². The molecule has 2 N–H and O–H groups in total. The van der Waals surface area contributed by atoms with Gasteiger partial charge < -0.3 is 0 Å². The minimum absolute atomic E-state index is 0.334. The maximum Gasteiger partial charge on any atom is 0.333 e. The van der Waals surface area contributed by atoms with Gasteiger partial charge in [0.15, 0.2) is 0 Å². The largest absolute Gasteiger partial charge is 0.333 e. The van der Waals surface area contributed by atoms with Crippen molar-refractivity contribution in [2.75, 3.05) is 6.54 Å². The Morgan fingerprint density at radius 1 is 1.14 bits per heavy atom. The molecule has 0 rings (SSSR count). The van der Waals surface area contributed by atoms with Gasteiger partial charge >= 0.3 is 10.3 Å². The van der Waals surface area contributed by atoms with Gasteiger partial charge in [-0.2, -0.15) is 13.1 Å². The molecule has 0 saturated carbocycles. The fraction of sp³-hybridized carbons (Fsp3) is 1.00. The third-order valence-electron chi connectivity index (χ3n) is 1.99. The molecule has 4 nitrogen and oxygen atoms in total. The van der Waals surface area contributed by atoms with E-state index in [-0.39, 0.29) is 0 Å². The molecule has 0 aromatic carbocycles. The van der Waals surface area contributed by atoms with Crippen LogP contribution in [0.2, 0.25) is 0 Å². The van der Waals surface area contributed by atoms with Crippen molar-refractivity contribution in [2.45, 2.75) is 46.0 Å². The van der Waals surface area contributed by atoms with Crippen LogP contribution in [-0.4, -0.2) is 19.5 Å². The van der Waals surface area contributed by atoms with Crippen LogP contribution < -0.4 is 4.72 Å². The molecule has 0 amide bonds. The molecule has 0 heterocycles. The van der Waals surface area contributed by atoms with Gasteiger partial charge in [0.2, 0.25) is 0 Å². The highest BCUT2D eigenvalue weighted by molar-refractivity contribution is 7.83. The third kappa shape index (κ3) is 11.9. The lowest BCUT2D eigenvalue weighted by Crippen LogP contribution is -2.23. The monoisotopic (exact) mass is 223 g/mol. The van der Waals surface area contributed by atoms with Crippen LogP contribution in [0.1, 0.15) is 46.0 Å². The molecule has 0 aliphatic heterocycles. The van der Waals surface area contributed by atoms with Gasteiger partial charge in [-0.3, -0.25) is 4.55 Å². The number of hydrogen-bond acceptors (Lipinski definition) is 2. The topological polar surface area (TPSA) is 66.4 Å². The van der Waals surface area contributed by atoms with Gasteiger partial charge in [-0.1, -0.05) is 39.5 Å². The molecule has 0 aromatic heterocycles. The maximum atomic E-state index is 10.3. The van der Waals surface area contributed by atoms with Gasteiger partial charge in [0, 0.05) is 6.54 Å². The Morgan fingerprint density at radius 2 is 1.71 bits per heavy atom. The molecular weight excluding hydrogens is 202 g/mol. The van der Waals surface area contributed by atoms with Gasteiger partial charge in [0.05, 0.1) is 0 Å². The molecule has 0 saturated heterocycles. The normalized spacial score (nSPS) is 12.3. The first-order valence-corrected chi connectivity index (χ1v) is 6.58. The highest BCUT2D eigenvalue weighted by Crippen LogP contribution is 2.08. The van der Waals surface area contributed by atoms with Crippen LogP contribution in [0.15, 0.2) is 0 Å². The van der Waals surface area contributed by atoms with Crippen LogP contribution in [0.4, 0.5) is 0 Å². The third-order valence-corrected chi connectivity index (χ3v) is 2.56. The minimum Gasteiger partial charge on any atom is -0.273 e. The molecule has 0 spiro atoms. The van der Waals surface area contributed by atoms with Crippen LogP contribution in [0.5, 0.6) is 0 Å². The van der Waals surface area contributed by atoms with Crippen molar-refractivity contribution in [3.8, 4) is 0 Å².